The van der Waals surface area contributed by atoms with Crippen molar-refractivity contribution in [2.75, 3.05) is 0 Å². The second-order valence-corrected chi connectivity index (χ2v) is 4.77. The highest BCUT2D eigenvalue weighted by Gasteiger charge is 2.14. The third-order valence-corrected chi connectivity index (χ3v) is 3.48. The molecule has 0 unspecified atom stereocenters. The summed E-state index contributed by atoms with van der Waals surface area (Å²) in [6.45, 7) is 0. The fourth-order valence-electron chi connectivity index (χ4n) is 2.48. The van der Waals surface area contributed by atoms with Crippen molar-refractivity contribution in [2.24, 2.45) is 7.05 Å². The van der Waals surface area contributed by atoms with Crippen LogP contribution in [0.5, 0.6) is 0 Å². The molecular formula is C16H16N2O. The molecule has 3 rings (SSSR count). The lowest BCUT2D eigenvalue weighted by molar-refractivity contribution is 0.170. The monoisotopic (exact) mass is 252 g/mol. The van der Waals surface area contributed by atoms with Gasteiger partial charge >= 0.3 is 0 Å². The zero-order chi connectivity index (χ0) is 13.2. The van der Waals surface area contributed by atoms with Gasteiger partial charge in [-0.2, -0.15) is 0 Å². The Morgan fingerprint density at radius 1 is 1.21 bits per heavy atom. The number of pyridine rings is 1. The van der Waals surface area contributed by atoms with Crippen molar-refractivity contribution in [1.82, 2.24) is 9.55 Å². The lowest BCUT2D eigenvalue weighted by Gasteiger charge is -2.12. The van der Waals surface area contributed by atoms with Crippen molar-refractivity contribution >= 4 is 10.9 Å². The molecule has 0 spiro atoms. The number of aryl methyl sites for hydroxylation is 1. The van der Waals surface area contributed by atoms with E-state index in [1.807, 2.05) is 31.3 Å². The molecule has 0 radical (unpaired) electrons. The highest BCUT2D eigenvalue weighted by molar-refractivity contribution is 5.81. The maximum atomic E-state index is 10.4. The predicted molar refractivity (Wildman–Crippen MR) is 75.8 cm³/mol. The van der Waals surface area contributed by atoms with E-state index in [9.17, 15) is 5.11 Å². The van der Waals surface area contributed by atoms with Gasteiger partial charge in [0.05, 0.1) is 6.10 Å². The lowest BCUT2D eigenvalue weighted by Crippen LogP contribution is -2.07. The summed E-state index contributed by atoms with van der Waals surface area (Å²) >= 11 is 0. The molecule has 0 amide bonds. The van der Waals surface area contributed by atoms with Crippen molar-refractivity contribution in [2.45, 2.75) is 12.5 Å². The van der Waals surface area contributed by atoms with Crippen LogP contribution in [0.2, 0.25) is 0 Å². The van der Waals surface area contributed by atoms with Crippen LogP contribution >= 0.6 is 0 Å². The van der Waals surface area contributed by atoms with Crippen molar-refractivity contribution in [3.63, 3.8) is 0 Å². The van der Waals surface area contributed by atoms with E-state index in [0.29, 0.717) is 6.42 Å². The molecule has 2 aromatic heterocycles. The number of hydrogen-bond donors (Lipinski definition) is 1. The highest BCUT2D eigenvalue weighted by Crippen LogP contribution is 2.25. The third kappa shape index (κ3) is 2.25. The first-order valence-electron chi connectivity index (χ1n) is 6.37. The van der Waals surface area contributed by atoms with E-state index in [4.69, 9.17) is 0 Å². The van der Waals surface area contributed by atoms with Gasteiger partial charge in [0.1, 0.15) is 0 Å². The van der Waals surface area contributed by atoms with Crippen LogP contribution in [0.25, 0.3) is 10.9 Å². The quantitative estimate of drug-likeness (QED) is 0.778. The van der Waals surface area contributed by atoms with Gasteiger partial charge in [-0.15, -0.1) is 0 Å². The van der Waals surface area contributed by atoms with Gasteiger partial charge in [0.25, 0.3) is 0 Å². The van der Waals surface area contributed by atoms with Gasteiger partial charge in [0.15, 0.2) is 0 Å². The van der Waals surface area contributed by atoms with Crippen molar-refractivity contribution in [3.05, 3.63) is 66.1 Å². The minimum absolute atomic E-state index is 0.512. The zero-order valence-corrected chi connectivity index (χ0v) is 10.8. The van der Waals surface area contributed by atoms with Gasteiger partial charge in [-0.1, -0.05) is 24.3 Å². The summed E-state index contributed by atoms with van der Waals surface area (Å²) in [5.74, 6) is 0. The number of rotatable bonds is 3. The number of aliphatic hydroxyl groups excluding tert-OH is 1. The summed E-state index contributed by atoms with van der Waals surface area (Å²) < 4.78 is 2.05. The fraction of sp³-hybridized carbons (Fsp3) is 0.188. The minimum Gasteiger partial charge on any atom is -0.387 e. The number of para-hydroxylation sites is 1. The summed E-state index contributed by atoms with van der Waals surface area (Å²) in [6.07, 6.45) is 3.61. The summed E-state index contributed by atoms with van der Waals surface area (Å²) in [5, 5.41) is 11.6. The number of fused-ring (bicyclic) bond motifs is 1. The van der Waals surface area contributed by atoms with Crippen molar-refractivity contribution in [1.29, 1.82) is 0 Å². The molecule has 1 aromatic carbocycles. The highest BCUT2D eigenvalue weighted by atomic mass is 16.3. The van der Waals surface area contributed by atoms with E-state index >= 15 is 0 Å². The van der Waals surface area contributed by atoms with Gasteiger partial charge in [-0.3, -0.25) is 4.98 Å². The Labute approximate surface area is 112 Å². The van der Waals surface area contributed by atoms with Crippen molar-refractivity contribution in [3.8, 4) is 0 Å². The molecule has 0 aliphatic heterocycles. The summed E-state index contributed by atoms with van der Waals surface area (Å²) in [6, 6.07) is 14.1. The number of nitrogens with zero attached hydrogens (tertiary/aromatic N) is 2. The van der Waals surface area contributed by atoms with Crippen LogP contribution in [0.4, 0.5) is 0 Å². The summed E-state index contributed by atoms with van der Waals surface area (Å²) in [7, 11) is 1.99. The molecule has 0 fully saturated rings. The molecule has 1 atom stereocenters. The molecule has 3 nitrogen and oxygen atoms in total. The Morgan fingerprint density at radius 3 is 2.79 bits per heavy atom. The maximum Gasteiger partial charge on any atom is 0.0980 e. The Hall–Kier alpha value is -2.13. The van der Waals surface area contributed by atoms with Gasteiger partial charge in [-0.25, -0.2) is 0 Å². The summed E-state index contributed by atoms with van der Waals surface area (Å²) in [5.41, 5.74) is 3.12. The van der Waals surface area contributed by atoms with Gasteiger partial charge < -0.3 is 9.67 Å². The first kappa shape index (κ1) is 11.9. The molecule has 3 aromatic rings. The average Bonchev–Trinajstić information content (AvgIpc) is 2.78. The Kier molecular flexibility index (Phi) is 3.05. The maximum absolute atomic E-state index is 10.4. The lowest BCUT2D eigenvalue weighted by atomic mass is 10.1. The van der Waals surface area contributed by atoms with E-state index in [1.54, 1.807) is 12.4 Å². The normalized spacial score (nSPS) is 12.7. The predicted octanol–water partition coefficient (Wildman–Crippen LogP) is 2.85. The number of aromatic nitrogens is 2. The molecule has 96 valence electrons. The topological polar surface area (TPSA) is 38.0 Å². The molecule has 0 saturated heterocycles. The van der Waals surface area contributed by atoms with Crippen LogP contribution < -0.4 is 0 Å². The molecule has 0 saturated carbocycles. The summed E-state index contributed by atoms with van der Waals surface area (Å²) in [4.78, 5) is 4.08. The van der Waals surface area contributed by atoms with Crippen LogP contribution in [-0.2, 0) is 13.5 Å². The average molecular weight is 252 g/mol. The SMILES string of the molecule is Cn1c([C@@H](O)Cc2cccnc2)cc2ccccc21. The number of hydrogen-bond acceptors (Lipinski definition) is 2. The van der Waals surface area contributed by atoms with E-state index in [1.165, 1.54) is 0 Å². The van der Waals surface area contributed by atoms with Crippen LogP contribution in [0.1, 0.15) is 17.4 Å². The Bertz CT molecular complexity index is 688. The van der Waals surface area contributed by atoms with Gasteiger partial charge in [0, 0.05) is 37.1 Å². The van der Waals surface area contributed by atoms with Crippen LogP contribution in [-0.4, -0.2) is 14.7 Å². The largest absolute Gasteiger partial charge is 0.387 e. The first-order valence-corrected chi connectivity index (χ1v) is 6.37. The first-order chi connectivity index (χ1) is 9.25. The Morgan fingerprint density at radius 2 is 2.05 bits per heavy atom. The van der Waals surface area contributed by atoms with E-state index < -0.39 is 6.10 Å². The standard InChI is InChI=1S/C16H16N2O/c1-18-14-7-3-2-6-13(14)10-15(18)16(19)9-12-5-4-8-17-11-12/h2-8,10-11,16,19H,9H2,1H3/t16-/m0/s1. The third-order valence-electron chi connectivity index (χ3n) is 3.48. The van der Waals surface area contributed by atoms with E-state index in [2.05, 4.69) is 27.8 Å². The second-order valence-electron chi connectivity index (χ2n) is 4.77. The molecule has 3 heteroatoms. The fourth-order valence-corrected chi connectivity index (χ4v) is 2.48. The molecule has 0 aliphatic carbocycles. The van der Waals surface area contributed by atoms with Gasteiger partial charge in [0.2, 0.25) is 0 Å². The van der Waals surface area contributed by atoms with Gasteiger partial charge in [-0.05, 0) is 29.1 Å². The molecule has 1 N–H and O–H groups in total. The van der Waals surface area contributed by atoms with Crippen LogP contribution in [0, 0.1) is 0 Å². The van der Waals surface area contributed by atoms with Crippen LogP contribution in [0.15, 0.2) is 54.9 Å². The molecular weight excluding hydrogens is 236 g/mol. The molecule has 2 heterocycles. The molecule has 0 bridgehead atoms. The van der Waals surface area contributed by atoms with Crippen LogP contribution in [0.3, 0.4) is 0 Å². The molecule has 19 heavy (non-hydrogen) atoms. The zero-order valence-electron chi connectivity index (χ0n) is 10.8. The second kappa shape index (κ2) is 4.86. The van der Waals surface area contributed by atoms with E-state index in [-0.39, 0.29) is 0 Å². The minimum atomic E-state index is -0.512. The van der Waals surface area contributed by atoms with E-state index in [0.717, 1.165) is 22.2 Å². The molecule has 0 aliphatic rings. The Balaban J connectivity index is 1.93. The number of aliphatic hydroxyl groups is 1. The number of benzene rings is 1. The van der Waals surface area contributed by atoms with Crippen molar-refractivity contribution < 1.29 is 5.11 Å². The smallest absolute Gasteiger partial charge is 0.0980 e.